The number of aliphatic imine (C=N–C) groups is 1. The lowest BCUT2D eigenvalue weighted by atomic mass is 9.94. The summed E-state index contributed by atoms with van der Waals surface area (Å²) in [4.78, 5) is 30.2. The smallest absolute Gasteiger partial charge is 0.408 e. The Morgan fingerprint density at radius 1 is 1.15 bits per heavy atom. The van der Waals surface area contributed by atoms with E-state index in [1.807, 2.05) is 50.2 Å². The number of nitrogens with two attached hydrogens (primary N) is 1. The maximum atomic E-state index is 13.0. The molecule has 0 fully saturated rings. The fourth-order valence-corrected chi connectivity index (χ4v) is 3.72. The van der Waals surface area contributed by atoms with Crippen molar-refractivity contribution < 1.29 is 19.1 Å². The monoisotopic (exact) mass is 466 g/mol. The van der Waals surface area contributed by atoms with Gasteiger partial charge in [0.05, 0.1) is 12.1 Å². The molecule has 0 spiro atoms. The molecule has 3 atom stereocenters. The van der Waals surface area contributed by atoms with Gasteiger partial charge in [-0.1, -0.05) is 37.6 Å². The largest absolute Gasteiger partial charge is 0.481 e. The van der Waals surface area contributed by atoms with E-state index >= 15 is 0 Å². The third kappa shape index (κ3) is 6.50. The Morgan fingerprint density at radius 2 is 1.85 bits per heavy atom. The van der Waals surface area contributed by atoms with Crippen molar-refractivity contribution in [3.8, 4) is 5.75 Å². The number of ether oxygens (including phenoxy) is 2. The summed E-state index contributed by atoms with van der Waals surface area (Å²) in [6.45, 7) is 9.27. The molecular weight excluding hydrogens is 432 g/mol. The van der Waals surface area contributed by atoms with Gasteiger partial charge in [0.25, 0.3) is 5.91 Å². The molecule has 8 heteroatoms. The van der Waals surface area contributed by atoms with Crippen molar-refractivity contribution in [1.29, 1.82) is 0 Å². The molecule has 3 rings (SSSR count). The number of alkyl carbamates (subject to hydrolysis) is 1. The van der Waals surface area contributed by atoms with Crippen molar-refractivity contribution in [3.63, 3.8) is 0 Å². The molecule has 2 aromatic rings. The molecule has 0 bridgehead atoms. The zero-order valence-electron chi connectivity index (χ0n) is 20.4. The van der Waals surface area contributed by atoms with Gasteiger partial charge in [-0.3, -0.25) is 4.79 Å². The van der Waals surface area contributed by atoms with Gasteiger partial charge in [-0.2, -0.15) is 0 Å². The molecule has 0 aromatic heterocycles. The normalized spacial score (nSPS) is 16.9. The number of fused-ring (bicyclic) bond motifs is 1. The molecule has 2 amide bonds. The number of nitrogens with one attached hydrogen (secondary N) is 2. The molecule has 182 valence electrons. The van der Waals surface area contributed by atoms with Crippen LogP contribution < -0.4 is 21.1 Å². The van der Waals surface area contributed by atoms with Gasteiger partial charge in [-0.15, -0.1) is 0 Å². The van der Waals surface area contributed by atoms with Crippen molar-refractivity contribution in [1.82, 2.24) is 10.6 Å². The lowest BCUT2D eigenvalue weighted by Crippen LogP contribution is -2.47. The predicted molar refractivity (Wildman–Crippen MR) is 133 cm³/mol. The van der Waals surface area contributed by atoms with E-state index in [1.165, 1.54) is 0 Å². The van der Waals surface area contributed by atoms with Crippen LogP contribution in [0.2, 0.25) is 0 Å². The summed E-state index contributed by atoms with van der Waals surface area (Å²) >= 11 is 0. The second-order valence-electron chi connectivity index (χ2n) is 9.38. The lowest BCUT2D eigenvalue weighted by molar-refractivity contribution is 0.0486. The number of carbonyl (C=O) groups is 2. The van der Waals surface area contributed by atoms with Crippen LogP contribution in [-0.2, 0) is 4.74 Å². The first-order valence-electron chi connectivity index (χ1n) is 11.6. The van der Waals surface area contributed by atoms with E-state index in [1.54, 1.807) is 32.9 Å². The maximum Gasteiger partial charge on any atom is 0.408 e. The summed E-state index contributed by atoms with van der Waals surface area (Å²) in [7, 11) is 0. The van der Waals surface area contributed by atoms with Crippen molar-refractivity contribution in [3.05, 3.63) is 59.7 Å². The van der Waals surface area contributed by atoms with Crippen LogP contribution >= 0.6 is 0 Å². The number of carbonyl (C=O) groups excluding carboxylic acids is 2. The Morgan fingerprint density at radius 3 is 2.50 bits per heavy atom. The van der Waals surface area contributed by atoms with Gasteiger partial charge in [-0.05, 0) is 63.9 Å². The number of nitrogens with zero attached hydrogens (tertiary/aromatic N) is 1. The van der Waals surface area contributed by atoms with Crippen LogP contribution in [0, 0.1) is 0 Å². The second kappa shape index (κ2) is 10.6. The van der Waals surface area contributed by atoms with Crippen LogP contribution in [-0.4, -0.2) is 35.6 Å². The highest BCUT2D eigenvalue weighted by Crippen LogP contribution is 2.35. The van der Waals surface area contributed by atoms with Gasteiger partial charge in [0.15, 0.2) is 6.10 Å². The molecule has 0 radical (unpaired) electrons. The van der Waals surface area contributed by atoms with Gasteiger partial charge in [-0.25, -0.2) is 9.79 Å². The highest BCUT2D eigenvalue weighted by Gasteiger charge is 2.30. The lowest BCUT2D eigenvalue weighted by Gasteiger charge is -2.31. The molecule has 1 heterocycles. The maximum absolute atomic E-state index is 13.0. The van der Waals surface area contributed by atoms with Gasteiger partial charge in [0.1, 0.15) is 22.9 Å². The van der Waals surface area contributed by atoms with Crippen LogP contribution in [0.4, 0.5) is 10.5 Å². The number of rotatable bonds is 7. The van der Waals surface area contributed by atoms with Gasteiger partial charge < -0.3 is 25.8 Å². The summed E-state index contributed by atoms with van der Waals surface area (Å²) in [6.07, 6.45) is 0.544. The number of hydrogen-bond acceptors (Lipinski definition) is 6. The number of hydrogen-bond donors (Lipinski definition) is 3. The molecule has 1 aliphatic rings. The molecule has 0 aliphatic carbocycles. The fourth-order valence-electron chi connectivity index (χ4n) is 3.72. The van der Waals surface area contributed by atoms with Crippen LogP contribution in [0.3, 0.4) is 0 Å². The molecular formula is C26H34N4O4. The van der Waals surface area contributed by atoms with E-state index in [0.717, 1.165) is 12.0 Å². The summed E-state index contributed by atoms with van der Waals surface area (Å²) in [5.41, 5.74) is 7.20. The molecule has 3 unspecified atom stereocenters. The van der Waals surface area contributed by atoms with Crippen LogP contribution in [0.1, 0.15) is 69.4 Å². The Hall–Kier alpha value is -3.55. The zero-order valence-corrected chi connectivity index (χ0v) is 20.4. The van der Waals surface area contributed by atoms with E-state index in [-0.39, 0.29) is 12.0 Å². The molecule has 1 aliphatic heterocycles. The van der Waals surface area contributed by atoms with E-state index in [4.69, 9.17) is 15.2 Å². The summed E-state index contributed by atoms with van der Waals surface area (Å²) in [5.74, 6) is 0.776. The summed E-state index contributed by atoms with van der Waals surface area (Å²) < 4.78 is 11.3. The minimum absolute atomic E-state index is 0.215. The van der Waals surface area contributed by atoms with E-state index in [0.29, 0.717) is 29.3 Å². The Bertz CT molecular complexity index is 1050. The quantitative estimate of drug-likeness (QED) is 0.551. The van der Waals surface area contributed by atoms with Gasteiger partial charge in [0.2, 0.25) is 0 Å². The predicted octanol–water partition coefficient (Wildman–Crippen LogP) is 4.62. The van der Waals surface area contributed by atoms with Crippen LogP contribution in [0.5, 0.6) is 5.75 Å². The van der Waals surface area contributed by atoms with Crippen molar-refractivity contribution >= 4 is 23.5 Å². The number of benzene rings is 2. The average Bonchev–Trinajstić information content (AvgIpc) is 2.77. The minimum Gasteiger partial charge on any atom is -0.481 e. The summed E-state index contributed by atoms with van der Waals surface area (Å²) in [6, 6.07) is 13.5. The second-order valence-corrected chi connectivity index (χ2v) is 9.38. The first kappa shape index (κ1) is 25.1. The molecule has 0 saturated heterocycles. The van der Waals surface area contributed by atoms with Crippen molar-refractivity contribution in [2.75, 3.05) is 0 Å². The van der Waals surface area contributed by atoms with Crippen molar-refractivity contribution in [2.24, 2.45) is 10.7 Å². The first-order valence-corrected chi connectivity index (χ1v) is 11.6. The van der Waals surface area contributed by atoms with Gasteiger partial charge in [0, 0.05) is 5.56 Å². The molecule has 8 nitrogen and oxygen atoms in total. The Balaban J connectivity index is 1.96. The van der Waals surface area contributed by atoms with Gasteiger partial charge >= 0.3 is 6.09 Å². The first-order chi connectivity index (χ1) is 16.1. The fraction of sp³-hybridized carbons (Fsp3) is 0.423. The zero-order chi connectivity index (χ0) is 24.9. The molecule has 34 heavy (non-hydrogen) atoms. The molecule has 4 N–H and O–H groups in total. The molecule has 2 aromatic carbocycles. The van der Waals surface area contributed by atoms with Crippen LogP contribution in [0.15, 0.2) is 53.5 Å². The Kier molecular flexibility index (Phi) is 7.81. The standard InChI is InChI=1S/C26H34N4O4/c1-6-10-19(29-24(31)17-11-8-7-9-12-17)22(30-25(32)34-26(3,4)5)18-13-14-21-20(15-18)28-23(27)16(2)33-21/h7-9,11-16,19,22H,6,10H2,1-5H3,(H2,27,28)(H,29,31)(H,30,32). The van der Waals surface area contributed by atoms with E-state index < -0.39 is 23.8 Å². The topological polar surface area (TPSA) is 115 Å². The van der Waals surface area contributed by atoms with Crippen molar-refractivity contribution in [2.45, 2.75) is 71.2 Å². The van der Waals surface area contributed by atoms with E-state index in [2.05, 4.69) is 15.6 Å². The minimum atomic E-state index is -0.666. The third-order valence-corrected chi connectivity index (χ3v) is 5.34. The Labute approximate surface area is 200 Å². The number of amides is 2. The van der Waals surface area contributed by atoms with Crippen LogP contribution in [0.25, 0.3) is 0 Å². The average molecular weight is 467 g/mol. The number of amidine groups is 1. The highest BCUT2D eigenvalue weighted by molar-refractivity contribution is 5.94. The SMILES string of the molecule is CCCC(NC(=O)c1ccccc1)C(NC(=O)OC(C)(C)C)c1ccc2c(c1)N=C(N)C(C)O2. The highest BCUT2D eigenvalue weighted by atomic mass is 16.6. The molecule has 0 saturated carbocycles. The third-order valence-electron chi connectivity index (χ3n) is 5.34. The summed E-state index contributed by atoms with van der Waals surface area (Å²) in [5, 5.41) is 6.06. The van der Waals surface area contributed by atoms with E-state index in [9.17, 15) is 9.59 Å².